The van der Waals surface area contributed by atoms with Gasteiger partial charge in [-0.3, -0.25) is 9.59 Å². The van der Waals surface area contributed by atoms with E-state index in [1.165, 1.54) is 5.56 Å². The number of ether oxygens (including phenoxy) is 1. The molecule has 0 aromatic heterocycles. The van der Waals surface area contributed by atoms with Crippen molar-refractivity contribution in [1.29, 1.82) is 0 Å². The summed E-state index contributed by atoms with van der Waals surface area (Å²) in [6, 6.07) is 7.96. The van der Waals surface area contributed by atoms with Gasteiger partial charge in [0.2, 0.25) is 11.8 Å². The van der Waals surface area contributed by atoms with Gasteiger partial charge in [-0.2, -0.15) is 0 Å². The summed E-state index contributed by atoms with van der Waals surface area (Å²) in [6.45, 7) is 5.78. The molecule has 0 radical (unpaired) electrons. The third kappa shape index (κ3) is 4.98. The number of nitrogens with two attached hydrogens (primary N) is 1. The summed E-state index contributed by atoms with van der Waals surface area (Å²) >= 11 is 0. The smallest absolute Gasteiger partial charge is 0.226 e. The van der Waals surface area contributed by atoms with Crippen LogP contribution >= 0.6 is 0 Å². The van der Waals surface area contributed by atoms with Gasteiger partial charge in [-0.25, -0.2) is 0 Å². The molecule has 23 heavy (non-hydrogen) atoms. The molecule has 1 aromatic rings. The maximum atomic E-state index is 12.2. The first-order chi connectivity index (χ1) is 11.0. The number of carbonyl (C=O) groups is 2. The third-order valence-electron chi connectivity index (χ3n) is 4.31. The van der Waals surface area contributed by atoms with Gasteiger partial charge in [0.1, 0.15) is 5.75 Å². The molecule has 0 unspecified atom stereocenters. The minimum atomic E-state index is -0.316. The van der Waals surface area contributed by atoms with E-state index in [1.54, 1.807) is 4.90 Å². The maximum Gasteiger partial charge on any atom is 0.226 e. The van der Waals surface area contributed by atoms with Crippen LogP contribution in [0.4, 0.5) is 0 Å². The van der Waals surface area contributed by atoms with E-state index in [0.717, 1.165) is 18.6 Å². The molecule has 1 heterocycles. The van der Waals surface area contributed by atoms with Crippen LogP contribution in [0.15, 0.2) is 24.3 Å². The number of rotatable bonds is 6. The van der Waals surface area contributed by atoms with E-state index in [2.05, 4.69) is 13.8 Å². The van der Waals surface area contributed by atoms with Crippen molar-refractivity contribution in [2.45, 2.75) is 39.0 Å². The van der Waals surface area contributed by atoms with Crippen LogP contribution in [0.3, 0.4) is 0 Å². The first-order valence-corrected chi connectivity index (χ1v) is 8.27. The summed E-state index contributed by atoms with van der Waals surface area (Å²) in [5, 5.41) is 0. The normalized spacial score (nSPS) is 18.0. The Labute approximate surface area is 137 Å². The summed E-state index contributed by atoms with van der Waals surface area (Å²) in [5.74, 6) is 0.759. The van der Waals surface area contributed by atoms with Crippen molar-refractivity contribution in [3.8, 4) is 5.75 Å². The first-order valence-electron chi connectivity index (χ1n) is 8.27. The third-order valence-corrected chi connectivity index (χ3v) is 4.31. The van der Waals surface area contributed by atoms with Gasteiger partial charge in [-0.05, 0) is 36.5 Å². The number of primary amides is 1. The largest absolute Gasteiger partial charge is 0.493 e. The minimum Gasteiger partial charge on any atom is -0.493 e. The van der Waals surface area contributed by atoms with Gasteiger partial charge in [0, 0.05) is 13.1 Å². The SMILES string of the molecule is CC(C)c1ccc(OCCC(=O)N2CCC[C@@H](C(N)=O)C2)cc1. The summed E-state index contributed by atoms with van der Waals surface area (Å²) in [7, 11) is 0. The van der Waals surface area contributed by atoms with Crippen LogP contribution in [0, 0.1) is 5.92 Å². The summed E-state index contributed by atoms with van der Waals surface area (Å²) in [4.78, 5) is 25.2. The van der Waals surface area contributed by atoms with Crippen molar-refractivity contribution in [2.75, 3.05) is 19.7 Å². The van der Waals surface area contributed by atoms with Gasteiger partial charge in [-0.1, -0.05) is 26.0 Å². The molecule has 1 atom stereocenters. The van der Waals surface area contributed by atoms with Crippen LogP contribution in [0.1, 0.15) is 44.6 Å². The fourth-order valence-corrected chi connectivity index (χ4v) is 2.80. The number of hydrogen-bond acceptors (Lipinski definition) is 3. The van der Waals surface area contributed by atoms with Crippen molar-refractivity contribution in [3.63, 3.8) is 0 Å². The Hall–Kier alpha value is -2.04. The molecule has 1 saturated heterocycles. The van der Waals surface area contributed by atoms with E-state index >= 15 is 0 Å². The van der Waals surface area contributed by atoms with Crippen LogP contribution in [0.25, 0.3) is 0 Å². The van der Waals surface area contributed by atoms with Crippen LogP contribution < -0.4 is 10.5 Å². The Morgan fingerprint density at radius 1 is 1.30 bits per heavy atom. The van der Waals surface area contributed by atoms with Gasteiger partial charge in [0.25, 0.3) is 0 Å². The lowest BCUT2D eigenvalue weighted by atomic mass is 9.97. The number of benzene rings is 1. The van der Waals surface area contributed by atoms with Crippen LogP contribution in [0.2, 0.25) is 0 Å². The molecule has 0 saturated carbocycles. The van der Waals surface area contributed by atoms with Crippen molar-refractivity contribution in [3.05, 3.63) is 29.8 Å². The Bertz CT molecular complexity index is 540. The molecule has 2 amide bonds. The maximum absolute atomic E-state index is 12.2. The molecule has 1 aliphatic rings. The second-order valence-electron chi connectivity index (χ2n) is 6.40. The van der Waals surface area contributed by atoms with Gasteiger partial charge < -0.3 is 15.4 Å². The Morgan fingerprint density at radius 2 is 2.00 bits per heavy atom. The number of likely N-dealkylation sites (tertiary alicyclic amines) is 1. The highest BCUT2D eigenvalue weighted by Crippen LogP contribution is 2.19. The van der Waals surface area contributed by atoms with Crippen molar-refractivity contribution < 1.29 is 14.3 Å². The van der Waals surface area contributed by atoms with Gasteiger partial charge in [0.15, 0.2) is 0 Å². The fraction of sp³-hybridized carbons (Fsp3) is 0.556. The monoisotopic (exact) mass is 318 g/mol. The second-order valence-corrected chi connectivity index (χ2v) is 6.40. The number of piperidine rings is 1. The molecule has 0 bridgehead atoms. The quantitative estimate of drug-likeness (QED) is 0.874. The van der Waals surface area contributed by atoms with Crippen LogP contribution in [-0.2, 0) is 9.59 Å². The highest BCUT2D eigenvalue weighted by Gasteiger charge is 2.26. The second kappa shape index (κ2) is 7.99. The van der Waals surface area contributed by atoms with Crippen LogP contribution in [-0.4, -0.2) is 36.4 Å². The Morgan fingerprint density at radius 3 is 2.61 bits per heavy atom. The number of hydrogen-bond donors (Lipinski definition) is 1. The predicted octanol–water partition coefficient (Wildman–Crippen LogP) is 2.30. The molecule has 0 spiro atoms. The van der Waals surface area contributed by atoms with Crippen molar-refractivity contribution in [1.82, 2.24) is 4.90 Å². The number of carbonyl (C=O) groups excluding carboxylic acids is 2. The lowest BCUT2D eigenvalue weighted by molar-refractivity contribution is -0.135. The molecular formula is C18H26N2O3. The van der Waals surface area contributed by atoms with E-state index in [0.29, 0.717) is 32.0 Å². The number of nitrogens with zero attached hydrogens (tertiary/aromatic N) is 1. The van der Waals surface area contributed by atoms with Crippen molar-refractivity contribution >= 4 is 11.8 Å². The van der Waals surface area contributed by atoms with E-state index in [4.69, 9.17) is 10.5 Å². The molecule has 0 aliphatic carbocycles. The summed E-state index contributed by atoms with van der Waals surface area (Å²) in [6.07, 6.45) is 1.92. The zero-order chi connectivity index (χ0) is 16.8. The number of amides is 2. The highest BCUT2D eigenvalue weighted by molar-refractivity contribution is 5.80. The topological polar surface area (TPSA) is 72.6 Å². The zero-order valence-corrected chi connectivity index (χ0v) is 14.0. The average molecular weight is 318 g/mol. The van der Waals surface area contributed by atoms with Gasteiger partial charge in [0.05, 0.1) is 18.9 Å². The summed E-state index contributed by atoms with van der Waals surface area (Å²) in [5.41, 5.74) is 6.60. The van der Waals surface area contributed by atoms with E-state index in [1.807, 2.05) is 24.3 Å². The van der Waals surface area contributed by atoms with E-state index < -0.39 is 0 Å². The lowest BCUT2D eigenvalue weighted by Gasteiger charge is -2.31. The molecule has 2 N–H and O–H groups in total. The first kappa shape index (κ1) is 17.3. The standard InChI is InChI=1S/C18H26N2O3/c1-13(2)14-5-7-16(8-6-14)23-11-9-17(21)20-10-3-4-15(12-20)18(19)22/h5-8,13,15H,3-4,9-12H2,1-2H3,(H2,19,22)/t15-/m1/s1. The molecule has 1 aliphatic heterocycles. The van der Waals surface area contributed by atoms with Crippen LogP contribution in [0.5, 0.6) is 5.75 Å². The molecule has 126 valence electrons. The molecular weight excluding hydrogens is 292 g/mol. The molecule has 5 heteroatoms. The average Bonchev–Trinajstić information content (AvgIpc) is 2.55. The Balaban J connectivity index is 1.77. The minimum absolute atomic E-state index is 0.0229. The lowest BCUT2D eigenvalue weighted by Crippen LogP contribution is -2.44. The predicted molar refractivity (Wildman–Crippen MR) is 89.1 cm³/mol. The highest BCUT2D eigenvalue weighted by atomic mass is 16.5. The van der Waals surface area contributed by atoms with Gasteiger partial charge >= 0.3 is 0 Å². The molecule has 5 nitrogen and oxygen atoms in total. The van der Waals surface area contributed by atoms with E-state index in [-0.39, 0.29) is 17.7 Å². The molecule has 1 fully saturated rings. The summed E-state index contributed by atoms with van der Waals surface area (Å²) < 4.78 is 5.64. The van der Waals surface area contributed by atoms with Gasteiger partial charge in [-0.15, -0.1) is 0 Å². The zero-order valence-electron chi connectivity index (χ0n) is 14.0. The molecule has 1 aromatic carbocycles. The molecule has 2 rings (SSSR count). The van der Waals surface area contributed by atoms with E-state index in [9.17, 15) is 9.59 Å². The Kier molecular flexibility index (Phi) is 6.02. The van der Waals surface area contributed by atoms with Crippen molar-refractivity contribution in [2.24, 2.45) is 11.7 Å². The fourth-order valence-electron chi connectivity index (χ4n) is 2.80.